The molecule has 1 unspecified atom stereocenters. The summed E-state index contributed by atoms with van der Waals surface area (Å²) in [6.45, 7) is 0.770. The zero-order valence-corrected chi connectivity index (χ0v) is 22.3. The lowest BCUT2D eigenvalue weighted by Crippen LogP contribution is -2.23. The highest BCUT2D eigenvalue weighted by molar-refractivity contribution is 6.28. The number of alkyl halides is 1. The van der Waals surface area contributed by atoms with Crippen molar-refractivity contribution in [3.63, 3.8) is 0 Å². The minimum absolute atomic E-state index is 0.0799. The second kappa shape index (κ2) is 12.9. The van der Waals surface area contributed by atoms with Gasteiger partial charge in [-0.3, -0.25) is 10.1 Å². The van der Waals surface area contributed by atoms with E-state index in [1.807, 2.05) is 78.9 Å². The number of carboxylic acid groups (broad SMARTS) is 1. The largest absolute Gasteiger partial charge is 0.497 e. The first kappa shape index (κ1) is 28.3. The summed E-state index contributed by atoms with van der Waals surface area (Å²) in [6.07, 6.45) is -0.444. The summed E-state index contributed by atoms with van der Waals surface area (Å²) in [4.78, 5) is 19.3. The van der Waals surface area contributed by atoms with Gasteiger partial charge >= 0.3 is 6.09 Å². The Morgan fingerprint density at radius 2 is 1.52 bits per heavy atom. The Bertz CT molecular complexity index is 1450. The van der Waals surface area contributed by atoms with Gasteiger partial charge < -0.3 is 24.6 Å². The normalized spacial score (nSPS) is 12.3. The third-order valence-electron chi connectivity index (χ3n) is 6.09. The molecule has 0 bridgehead atoms. The summed E-state index contributed by atoms with van der Waals surface area (Å²) < 4.78 is 15.8. The summed E-state index contributed by atoms with van der Waals surface area (Å²) >= 11 is 7.29. The molecule has 1 aliphatic rings. The van der Waals surface area contributed by atoms with Crippen LogP contribution in [0.5, 0.6) is 23.0 Å². The number of amides is 1. The van der Waals surface area contributed by atoms with E-state index in [1.54, 1.807) is 13.2 Å². The molecule has 4 aromatic rings. The van der Waals surface area contributed by atoms with Crippen LogP contribution in [0.3, 0.4) is 0 Å². The van der Waals surface area contributed by atoms with Crippen molar-refractivity contribution in [2.75, 3.05) is 20.3 Å². The van der Waals surface area contributed by atoms with Crippen molar-refractivity contribution in [2.45, 2.75) is 11.3 Å². The Labute approximate surface area is 236 Å². The first-order valence-corrected chi connectivity index (χ1v) is 12.7. The summed E-state index contributed by atoms with van der Waals surface area (Å²) in [5, 5.41) is 21.0. The summed E-state index contributed by atoms with van der Waals surface area (Å²) in [6, 6.07) is 29.8. The van der Waals surface area contributed by atoms with Crippen LogP contribution in [0.15, 0.2) is 97.1 Å². The Kier molecular flexibility index (Phi) is 9.08. The zero-order chi connectivity index (χ0) is 28.5. The third kappa shape index (κ3) is 7.00. The van der Waals surface area contributed by atoms with Gasteiger partial charge in [0.25, 0.3) is 5.69 Å². The number of nitro benzene ring substituents is 1. The summed E-state index contributed by atoms with van der Waals surface area (Å²) in [5.41, 5.74) is 2.89. The van der Waals surface area contributed by atoms with Crippen LogP contribution >= 0.6 is 11.6 Å². The standard InChI is InChI=1S/C24H24ClNO4.C6H3NO3/c1-29-21-12-8-19(9-13-21)24(25,18-6-3-2-4-7-18)20-10-14-22(15-11-20)30-17-5-16-26-23(27)28;8-7(9)4-1-2-5-6(3-4)10-5/h2-4,6-15,26H,5,16-17H2,1H3,(H,27,28);1-3H. The number of nitro groups is 1. The van der Waals surface area contributed by atoms with Gasteiger partial charge in [0.15, 0.2) is 11.5 Å². The minimum Gasteiger partial charge on any atom is -0.497 e. The van der Waals surface area contributed by atoms with Crippen molar-refractivity contribution >= 4 is 23.4 Å². The molecule has 1 atom stereocenters. The van der Waals surface area contributed by atoms with Crippen molar-refractivity contribution in [2.24, 2.45) is 0 Å². The van der Waals surface area contributed by atoms with Crippen LogP contribution in [-0.4, -0.2) is 36.4 Å². The van der Waals surface area contributed by atoms with E-state index < -0.39 is 15.9 Å². The fourth-order valence-electron chi connectivity index (χ4n) is 3.99. The van der Waals surface area contributed by atoms with Crippen LogP contribution in [0, 0.1) is 10.1 Å². The molecule has 10 heteroatoms. The molecule has 0 fully saturated rings. The highest BCUT2D eigenvalue weighted by Gasteiger charge is 2.34. The average Bonchev–Trinajstić information content (AvgIpc) is 3.77. The maximum atomic E-state index is 10.5. The van der Waals surface area contributed by atoms with E-state index in [0.717, 1.165) is 28.2 Å². The number of nitrogens with zero attached hydrogens (tertiary/aromatic N) is 1. The molecule has 0 radical (unpaired) electrons. The Balaban J connectivity index is 0.000000307. The Morgan fingerprint density at radius 3 is 2.08 bits per heavy atom. The first-order chi connectivity index (χ1) is 19.3. The third-order valence-corrected chi connectivity index (χ3v) is 6.75. The molecule has 0 saturated carbocycles. The molecule has 2 N–H and O–H groups in total. The quantitative estimate of drug-likeness (QED) is 0.0470. The number of non-ortho nitro benzene ring substituents is 1. The fraction of sp³-hybridized carbons (Fsp3) is 0.167. The van der Waals surface area contributed by atoms with Gasteiger partial charge in [-0.05, 0) is 53.4 Å². The molecule has 0 aromatic heterocycles. The van der Waals surface area contributed by atoms with E-state index >= 15 is 0 Å². The van der Waals surface area contributed by atoms with Crippen molar-refractivity contribution in [3.05, 3.63) is 124 Å². The molecule has 0 saturated heterocycles. The van der Waals surface area contributed by atoms with Crippen LogP contribution in [0.4, 0.5) is 10.5 Å². The molecular formula is C30H27ClN2O7. The van der Waals surface area contributed by atoms with Crippen LogP contribution in [0.2, 0.25) is 0 Å². The number of ether oxygens (including phenoxy) is 3. The predicted octanol–water partition coefficient (Wildman–Crippen LogP) is 6.96. The highest BCUT2D eigenvalue weighted by atomic mass is 35.5. The average molecular weight is 563 g/mol. The van der Waals surface area contributed by atoms with Crippen LogP contribution < -0.4 is 19.5 Å². The minimum atomic E-state index is -1.03. The molecule has 206 valence electrons. The Morgan fingerprint density at radius 1 is 0.925 bits per heavy atom. The van der Waals surface area contributed by atoms with Gasteiger partial charge in [-0.2, -0.15) is 0 Å². The van der Waals surface area contributed by atoms with E-state index in [0.29, 0.717) is 31.1 Å². The van der Waals surface area contributed by atoms with Gasteiger partial charge in [0.05, 0.1) is 24.7 Å². The number of benzene rings is 4. The summed E-state index contributed by atoms with van der Waals surface area (Å²) in [7, 11) is 1.64. The molecule has 40 heavy (non-hydrogen) atoms. The number of hydrogen-bond acceptors (Lipinski definition) is 6. The van der Waals surface area contributed by atoms with Crippen molar-refractivity contribution in [3.8, 4) is 23.0 Å². The van der Waals surface area contributed by atoms with Crippen LogP contribution in [0.1, 0.15) is 23.1 Å². The van der Waals surface area contributed by atoms with Gasteiger partial charge in [-0.1, -0.05) is 54.6 Å². The Hall–Kier alpha value is -4.76. The second-order valence-corrected chi connectivity index (χ2v) is 9.27. The lowest BCUT2D eigenvalue weighted by Gasteiger charge is -2.29. The number of halogens is 1. The zero-order valence-electron chi connectivity index (χ0n) is 21.6. The number of nitrogens with one attached hydrogen (secondary N) is 1. The number of fused-ring (bicyclic) bond motifs is 1. The second-order valence-electron chi connectivity index (χ2n) is 8.70. The fourth-order valence-corrected chi connectivity index (χ4v) is 4.37. The first-order valence-electron chi connectivity index (χ1n) is 12.4. The monoisotopic (exact) mass is 562 g/mol. The SMILES string of the molecule is COc1ccc(C(Cl)(c2ccccc2)c2ccc(OCCCNC(=O)O)cc2)cc1.O=[N+]([O-])c1ccc2c(c1)O2. The van der Waals surface area contributed by atoms with Crippen molar-refractivity contribution in [1.82, 2.24) is 5.32 Å². The number of hydrogen-bond donors (Lipinski definition) is 2. The van der Waals surface area contributed by atoms with E-state index in [1.165, 1.54) is 12.1 Å². The maximum Gasteiger partial charge on any atom is 0.404 e. The van der Waals surface area contributed by atoms with Gasteiger partial charge in [0.2, 0.25) is 0 Å². The molecule has 0 aliphatic carbocycles. The predicted molar refractivity (Wildman–Crippen MR) is 151 cm³/mol. The number of rotatable bonds is 10. The molecule has 4 aromatic carbocycles. The van der Waals surface area contributed by atoms with E-state index in [9.17, 15) is 14.9 Å². The maximum absolute atomic E-state index is 10.5. The lowest BCUT2D eigenvalue weighted by molar-refractivity contribution is -0.384. The van der Waals surface area contributed by atoms with Gasteiger partial charge in [0, 0.05) is 12.6 Å². The molecular weight excluding hydrogens is 536 g/mol. The van der Waals surface area contributed by atoms with Gasteiger partial charge in [0.1, 0.15) is 16.4 Å². The molecule has 1 heterocycles. The van der Waals surface area contributed by atoms with Crippen molar-refractivity contribution < 1.29 is 29.0 Å². The molecule has 1 aliphatic heterocycles. The summed E-state index contributed by atoms with van der Waals surface area (Å²) in [5.74, 6) is 2.84. The van der Waals surface area contributed by atoms with E-state index in [-0.39, 0.29) is 5.69 Å². The highest BCUT2D eigenvalue weighted by Crippen LogP contribution is 2.46. The lowest BCUT2D eigenvalue weighted by atomic mass is 9.84. The van der Waals surface area contributed by atoms with E-state index in [2.05, 4.69) is 5.32 Å². The van der Waals surface area contributed by atoms with Crippen LogP contribution in [0.25, 0.3) is 0 Å². The molecule has 5 rings (SSSR count). The molecule has 9 nitrogen and oxygen atoms in total. The smallest absolute Gasteiger partial charge is 0.404 e. The van der Waals surface area contributed by atoms with Crippen LogP contribution in [-0.2, 0) is 4.87 Å². The number of methoxy groups -OCH3 is 1. The topological polar surface area (TPSA) is 123 Å². The molecule has 0 spiro atoms. The van der Waals surface area contributed by atoms with E-state index in [4.69, 9.17) is 30.9 Å². The molecule has 1 amide bonds. The van der Waals surface area contributed by atoms with Gasteiger partial charge in [-0.25, -0.2) is 4.79 Å². The van der Waals surface area contributed by atoms with Gasteiger partial charge in [-0.15, -0.1) is 11.6 Å². The number of carbonyl (C=O) groups is 1. The van der Waals surface area contributed by atoms with Crippen molar-refractivity contribution in [1.29, 1.82) is 0 Å².